The smallest absolute Gasteiger partial charge is 0.263 e. The molecule has 1 aliphatic heterocycles. The molecule has 0 N–H and O–H groups in total. The van der Waals surface area contributed by atoms with Gasteiger partial charge in [-0.3, -0.25) is 9.36 Å². The standard InChI is InChI=1S/C20H20Cl2N6O2/c1-14(30-17-3-2-15(21)12-16(17)22)20(29)27-10-8-26(9-11-27)18-4-5-19(25-24-18)28-7-6-23-13-28/h2-7,12-14H,8-11H2,1H3. The van der Waals surface area contributed by atoms with Crippen molar-refractivity contribution in [1.29, 1.82) is 0 Å². The summed E-state index contributed by atoms with van der Waals surface area (Å²) in [6.45, 7) is 4.20. The predicted octanol–water partition coefficient (Wildman–Crippen LogP) is 3.09. The van der Waals surface area contributed by atoms with Crippen molar-refractivity contribution < 1.29 is 9.53 Å². The molecule has 8 nitrogen and oxygen atoms in total. The van der Waals surface area contributed by atoms with Crippen LogP contribution in [0.2, 0.25) is 10.0 Å². The van der Waals surface area contributed by atoms with Gasteiger partial charge >= 0.3 is 0 Å². The number of amides is 1. The third-order valence-corrected chi connectivity index (χ3v) is 5.40. The zero-order valence-electron chi connectivity index (χ0n) is 16.3. The Kier molecular flexibility index (Phi) is 6.06. The minimum atomic E-state index is -0.649. The molecule has 156 valence electrons. The molecule has 1 saturated heterocycles. The van der Waals surface area contributed by atoms with Gasteiger partial charge in [0.15, 0.2) is 17.7 Å². The molecule has 1 atom stereocenters. The third kappa shape index (κ3) is 4.49. The van der Waals surface area contributed by atoms with E-state index in [0.29, 0.717) is 47.8 Å². The molecule has 0 radical (unpaired) electrons. The molecule has 1 fully saturated rings. The second-order valence-corrected chi connectivity index (χ2v) is 7.71. The van der Waals surface area contributed by atoms with E-state index in [-0.39, 0.29) is 5.91 Å². The molecule has 4 rings (SSSR count). The van der Waals surface area contributed by atoms with Crippen molar-refractivity contribution in [2.75, 3.05) is 31.1 Å². The second kappa shape index (κ2) is 8.89. The highest BCUT2D eigenvalue weighted by Crippen LogP contribution is 2.28. The lowest BCUT2D eigenvalue weighted by atomic mass is 10.2. The van der Waals surface area contributed by atoms with Crippen LogP contribution in [0.4, 0.5) is 5.82 Å². The zero-order valence-corrected chi connectivity index (χ0v) is 17.8. The Bertz CT molecular complexity index is 1000. The summed E-state index contributed by atoms with van der Waals surface area (Å²) in [4.78, 5) is 20.7. The molecule has 0 bridgehead atoms. The van der Waals surface area contributed by atoms with E-state index in [1.807, 2.05) is 18.3 Å². The molecule has 10 heteroatoms. The number of anilines is 1. The molecule has 0 spiro atoms. The van der Waals surface area contributed by atoms with Crippen molar-refractivity contribution >= 4 is 34.9 Å². The Balaban J connectivity index is 1.33. The van der Waals surface area contributed by atoms with Crippen LogP contribution in [-0.4, -0.2) is 62.8 Å². The van der Waals surface area contributed by atoms with Crippen molar-refractivity contribution in [3.05, 3.63) is 59.1 Å². The van der Waals surface area contributed by atoms with Gasteiger partial charge in [-0.05, 0) is 37.3 Å². The molecule has 3 heterocycles. The fraction of sp³-hybridized carbons (Fsp3) is 0.300. The minimum Gasteiger partial charge on any atom is -0.479 e. The van der Waals surface area contributed by atoms with Gasteiger partial charge in [0.2, 0.25) is 0 Å². The fourth-order valence-corrected chi connectivity index (χ4v) is 3.70. The van der Waals surface area contributed by atoms with Gasteiger partial charge in [0.05, 0.1) is 5.02 Å². The SMILES string of the molecule is CC(Oc1ccc(Cl)cc1Cl)C(=O)N1CCN(c2ccc(-n3ccnc3)nn2)CC1. The number of piperazine rings is 1. The summed E-state index contributed by atoms with van der Waals surface area (Å²) in [5.41, 5.74) is 0. The van der Waals surface area contributed by atoms with Gasteiger partial charge in [-0.15, -0.1) is 10.2 Å². The van der Waals surface area contributed by atoms with E-state index in [1.54, 1.807) is 47.1 Å². The van der Waals surface area contributed by atoms with Crippen molar-refractivity contribution in [1.82, 2.24) is 24.6 Å². The molecule has 1 amide bonds. The largest absolute Gasteiger partial charge is 0.479 e. The normalized spacial score (nSPS) is 15.2. The number of hydrogen-bond acceptors (Lipinski definition) is 6. The van der Waals surface area contributed by atoms with Gasteiger partial charge in [-0.1, -0.05) is 23.2 Å². The van der Waals surface area contributed by atoms with Gasteiger partial charge in [-0.25, -0.2) is 4.98 Å². The molecule has 1 unspecified atom stereocenters. The number of ether oxygens (including phenoxy) is 1. The van der Waals surface area contributed by atoms with Crippen molar-refractivity contribution in [3.8, 4) is 11.6 Å². The van der Waals surface area contributed by atoms with E-state index in [1.165, 1.54) is 0 Å². The lowest BCUT2D eigenvalue weighted by Gasteiger charge is -2.36. The quantitative estimate of drug-likeness (QED) is 0.599. The van der Waals surface area contributed by atoms with Gasteiger partial charge < -0.3 is 14.5 Å². The Morgan fingerprint density at radius 1 is 1.07 bits per heavy atom. The van der Waals surface area contributed by atoms with Crippen LogP contribution < -0.4 is 9.64 Å². The Morgan fingerprint density at radius 3 is 2.43 bits per heavy atom. The van der Waals surface area contributed by atoms with Crippen LogP contribution in [0.1, 0.15) is 6.92 Å². The van der Waals surface area contributed by atoms with E-state index in [2.05, 4.69) is 20.1 Å². The zero-order chi connectivity index (χ0) is 21.1. The van der Waals surface area contributed by atoms with Crippen LogP contribution in [0.25, 0.3) is 5.82 Å². The molecular weight excluding hydrogens is 427 g/mol. The number of halogens is 2. The summed E-state index contributed by atoms with van der Waals surface area (Å²) in [5.74, 6) is 1.84. The summed E-state index contributed by atoms with van der Waals surface area (Å²) in [6, 6.07) is 8.76. The van der Waals surface area contributed by atoms with E-state index in [0.717, 1.165) is 5.82 Å². The number of nitrogens with zero attached hydrogens (tertiary/aromatic N) is 6. The van der Waals surface area contributed by atoms with Crippen LogP contribution >= 0.6 is 23.2 Å². The molecule has 0 saturated carbocycles. The second-order valence-electron chi connectivity index (χ2n) is 6.87. The summed E-state index contributed by atoms with van der Waals surface area (Å²) < 4.78 is 7.54. The van der Waals surface area contributed by atoms with Gasteiger partial charge in [0.25, 0.3) is 5.91 Å². The average Bonchev–Trinajstić information content (AvgIpc) is 3.30. The summed E-state index contributed by atoms with van der Waals surface area (Å²) in [6.07, 6.45) is 4.53. The fourth-order valence-electron chi connectivity index (χ4n) is 3.24. The molecular formula is C20H20Cl2N6O2. The van der Waals surface area contributed by atoms with E-state index >= 15 is 0 Å². The maximum Gasteiger partial charge on any atom is 0.263 e. The average molecular weight is 447 g/mol. The van der Waals surface area contributed by atoms with Gasteiger partial charge in [0, 0.05) is 43.6 Å². The summed E-state index contributed by atoms with van der Waals surface area (Å²) in [5, 5.41) is 9.46. The lowest BCUT2D eigenvalue weighted by Crippen LogP contribution is -2.52. The number of imidazole rings is 1. The van der Waals surface area contributed by atoms with Crippen molar-refractivity contribution in [2.24, 2.45) is 0 Å². The molecule has 30 heavy (non-hydrogen) atoms. The summed E-state index contributed by atoms with van der Waals surface area (Å²) >= 11 is 12.0. The van der Waals surface area contributed by atoms with Gasteiger partial charge in [-0.2, -0.15) is 0 Å². The molecule has 2 aromatic heterocycles. The number of carbonyl (C=O) groups excluding carboxylic acids is 1. The number of carbonyl (C=O) groups is 1. The topological polar surface area (TPSA) is 76.4 Å². The van der Waals surface area contributed by atoms with Crippen molar-refractivity contribution in [3.63, 3.8) is 0 Å². The lowest BCUT2D eigenvalue weighted by molar-refractivity contribution is -0.138. The monoisotopic (exact) mass is 446 g/mol. The first-order valence-electron chi connectivity index (χ1n) is 9.49. The Labute approximate surface area is 184 Å². The first-order valence-corrected chi connectivity index (χ1v) is 10.2. The molecule has 3 aromatic rings. The minimum absolute atomic E-state index is 0.0813. The maximum atomic E-state index is 12.8. The van der Waals surface area contributed by atoms with Crippen LogP contribution in [0.15, 0.2) is 49.1 Å². The Hall–Kier alpha value is -2.84. The highest BCUT2D eigenvalue weighted by molar-refractivity contribution is 6.35. The van der Waals surface area contributed by atoms with Gasteiger partial charge in [0.1, 0.15) is 12.1 Å². The number of rotatable bonds is 5. The molecule has 1 aliphatic rings. The number of hydrogen-bond donors (Lipinski definition) is 0. The number of benzene rings is 1. The third-order valence-electron chi connectivity index (χ3n) is 4.87. The van der Waals surface area contributed by atoms with Crippen LogP contribution in [0, 0.1) is 0 Å². The predicted molar refractivity (Wildman–Crippen MR) is 114 cm³/mol. The van der Waals surface area contributed by atoms with Crippen LogP contribution in [0.5, 0.6) is 5.75 Å². The highest BCUT2D eigenvalue weighted by atomic mass is 35.5. The summed E-state index contributed by atoms with van der Waals surface area (Å²) in [7, 11) is 0. The van der Waals surface area contributed by atoms with E-state index < -0.39 is 6.10 Å². The molecule has 0 aliphatic carbocycles. The van der Waals surface area contributed by atoms with E-state index in [4.69, 9.17) is 27.9 Å². The number of aromatic nitrogens is 4. The first kappa shape index (κ1) is 20.4. The Morgan fingerprint density at radius 2 is 1.80 bits per heavy atom. The van der Waals surface area contributed by atoms with Crippen molar-refractivity contribution in [2.45, 2.75) is 13.0 Å². The first-order chi connectivity index (χ1) is 14.5. The maximum absolute atomic E-state index is 12.8. The van der Waals surface area contributed by atoms with Crippen LogP contribution in [0.3, 0.4) is 0 Å². The van der Waals surface area contributed by atoms with Crippen LogP contribution in [-0.2, 0) is 4.79 Å². The highest BCUT2D eigenvalue weighted by Gasteiger charge is 2.27. The van der Waals surface area contributed by atoms with E-state index in [9.17, 15) is 4.79 Å². The molecule has 1 aromatic carbocycles.